The van der Waals surface area contributed by atoms with E-state index < -0.39 is 11.6 Å². The maximum Gasteiger partial charge on any atom is 0.158 e. The van der Waals surface area contributed by atoms with Crippen LogP contribution in [0, 0.1) is 23.5 Å². The first kappa shape index (κ1) is 35.6. The minimum Gasteiger partial charge on any atom is -0.411 e. The van der Waals surface area contributed by atoms with Crippen molar-refractivity contribution in [3.05, 3.63) is 116 Å². The highest BCUT2D eigenvalue weighted by Crippen LogP contribution is 2.33. The molecule has 0 spiro atoms. The number of fused-ring (bicyclic) bond motifs is 2. The van der Waals surface area contributed by atoms with Crippen molar-refractivity contribution in [1.29, 1.82) is 0 Å². The highest BCUT2D eigenvalue weighted by Gasteiger charge is 2.33. The van der Waals surface area contributed by atoms with Crippen LogP contribution in [0.25, 0.3) is 0 Å². The summed E-state index contributed by atoms with van der Waals surface area (Å²) in [6.07, 6.45) is 5.19. The van der Waals surface area contributed by atoms with Crippen LogP contribution < -0.4 is 0 Å². The van der Waals surface area contributed by atoms with Gasteiger partial charge in [0.05, 0.1) is 34.7 Å². The Balaban J connectivity index is 0.000000162. The Kier molecular flexibility index (Phi) is 10.6. The summed E-state index contributed by atoms with van der Waals surface area (Å²) in [6, 6.07) is 12.5. The maximum atomic E-state index is 13.4. The second-order valence-electron chi connectivity index (χ2n) is 12.9. The summed E-state index contributed by atoms with van der Waals surface area (Å²) < 4.78 is 31.9. The SMILES string of the molecule is O/N=C(\Cc1ccc(F)c(Cl)c1)c1ccnc2c1CC(C1COC1)=N2.OCC1CN(C2=Nc3nccc(/C(Cc4ccc(F)c(Cl)c4)=N/O)c3C2)C1. The van der Waals surface area contributed by atoms with E-state index in [-0.39, 0.29) is 16.7 Å². The van der Waals surface area contributed by atoms with Crippen molar-refractivity contribution in [1.82, 2.24) is 14.9 Å². The molecule has 0 unspecified atom stereocenters. The number of oxime groups is 2. The van der Waals surface area contributed by atoms with Crippen LogP contribution in [0.15, 0.2) is 81.2 Å². The standard InChI is InChI=1S/C19H18ClFN4O2.C18H15ClFN3O2/c20-15-5-11(1-2-16(15)21)6-17(24-27)13-3-4-22-19-14(13)7-18(23-19)25-8-12(9-25)10-26;19-14-5-10(1-2-15(14)20)6-17(23-24)12-3-4-21-18-13(12)7-16(22-18)11-8-25-9-11/h1-5,12,26-27H,6-10H2;1-5,11,24H,6-9H2/b24-17+;23-17+. The molecule has 4 aliphatic rings. The maximum absolute atomic E-state index is 13.4. The number of aromatic nitrogens is 2. The number of benzene rings is 2. The Bertz CT molecular complexity index is 2140. The van der Waals surface area contributed by atoms with Crippen LogP contribution in [0.3, 0.4) is 0 Å². The number of nitrogens with zero attached hydrogens (tertiary/aromatic N) is 7. The highest BCUT2D eigenvalue weighted by molar-refractivity contribution is 6.31. The van der Waals surface area contributed by atoms with Gasteiger partial charge in [0, 0.05) is 97.6 Å². The number of likely N-dealkylation sites (tertiary alicyclic amines) is 1. The molecule has 0 atom stereocenters. The predicted octanol–water partition coefficient (Wildman–Crippen LogP) is 6.38. The van der Waals surface area contributed by atoms with Crippen LogP contribution >= 0.6 is 23.2 Å². The number of aliphatic imine (C=N–C) groups is 2. The molecule has 3 N–H and O–H groups in total. The molecule has 2 saturated heterocycles. The molecule has 0 aliphatic carbocycles. The Morgan fingerprint density at radius 3 is 1.81 bits per heavy atom. The third kappa shape index (κ3) is 7.40. The summed E-state index contributed by atoms with van der Waals surface area (Å²) in [5, 5.41) is 35.3. The first-order valence-corrected chi connectivity index (χ1v) is 17.3. The van der Waals surface area contributed by atoms with Crippen LogP contribution in [-0.2, 0) is 30.4 Å². The van der Waals surface area contributed by atoms with Gasteiger partial charge in [-0.2, -0.15) is 0 Å². The zero-order valence-electron chi connectivity index (χ0n) is 27.7. The van der Waals surface area contributed by atoms with Crippen LogP contribution in [0.4, 0.5) is 20.4 Å². The molecule has 15 heteroatoms. The van der Waals surface area contributed by atoms with Crippen molar-refractivity contribution in [3.8, 4) is 0 Å². The number of hydrogen-bond acceptors (Lipinski definition) is 11. The zero-order chi connectivity index (χ0) is 36.4. The van der Waals surface area contributed by atoms with E-state index in [4.69, 9.17) is 27.9 Å². The normalized spacial score (nSPS) is 17.1. The third-order valence-corrected chi connectivity index (χ3v) is 10.1. The van der Waals surface area contributed by atoms with Crippen molar-refractivity contribution in [3.63, 3.8) is 0 Å². The topological polar surface area (TPSA) is 148 Å². The first-order valence-electron chi connectivity index (χ1n) is 16.6. The van der Waals surface area contributed by atoms with Gasteiger partial charge in [0.2, 0.25) is 0 Å². The van der Waals surface area contributed by atoms with Gasteiger partial charge in [-0.1, -0.05) is 45.6 Å². The second kappa shape index (κ2) is 15.4. The molecule has 0 amide bonds. The summed E-state index contributed by atoms with van der Waals surface area (Å²) >= 11 is 11.7. The number of ether oxygens (including phenoxy) is 1. The van der Waals surface area contributed by atoms with E-state index >= 15 is 0 Å². The molecule has 0 bridgehead atoms. The van der Waals surface area contributed by atoms with Gasteiger partial charge in [-0.3, -0.25) is 0 Å². The minimum absolute atomic E-state index is 0.0339. The summed E-state index contributed by atoms with van der Waals surface area (Å²) in [5.41, 5.74) is 6.90. The number of amidine groups is 1. The Labute approximate surface area is 307 Å². The van der Waals surface area contributed by atoms with Crippen LogP contribution in [0.5, 0.6) is 0 Å². The third-order valence-electron chi connectivity index (χ3n) is 9.51. The summed E-state index contributed by atoms with van der Waals surface area (Å²) in [5.74, 6) is 1.87. The number of halogens is 4. The molecule has 4 aliphatic heterocycles. The quantitative estimate of drug-likeness (QED) is 0.108. The lowest BCUT2D eigenvalue weighted by Gasteiger charge is -2.39. The lowest BCUT2D eigenvalue weighted by Crippen LogP contribution is -2.51. The average molecular weight is 749 g/mol. The van der Waals surface area contributed by atoms with Gasteiger partial charge < -0.3 is 25.2 Å². The van der Waals surface area contributed by atoms with Crippen molar-refractivity contribution >= 4 is 57.8 Å². The highest BCUT2D eigenvalue weighted by atomic mass is 35.5. The van der Waals surface area contributed by atoms with Gasteiger partial charge in [-0.15, -0.1) is 0 Å². The van der Waals surface area contributed by atoms with E-state index in [1.54, 1.807) is 30.6 Å². The van der Waals surface area contributed by atoms with Gasteiger partial charge in [-0.05, 0) is 47.5 Å². The molecule has 0 radical (unpaired) electrons. The fourth-order valence-corrected chi connectivity index (χ4v) is 6.92. The van der Waals surface area contributed by atoms with Crippen molar-refractivity contribution in [2.24, 2.45) is 32.1 Å². The molecule has 2 aromatic carbocycles. The first-order chi connectivity index (χ1) is 25.2. The molecule has 11 nitrogen and oxygen atoms in total. The van der Waals surface area contributed by atoms with Crippen LogP contribution in [0.2, 0.25) is 10.0 Å². The number of hydrogen-bond donors (Lipinski definition) is 3. The van der Waals surface area contributed by atoms with Gasteiger partial charge >= 0.3 is 0 Å². The molecule has 4 aromatic rings. The smallest absolute Gasteiger partial charge is 0.158 e. The Morgan fingerprint density at radius 1 is 0.788 bits per heavy atom. The number of pyridine rings is 2. The van der Waals surface area contributed by atoms with E-state index in [0.29, 0.717) is 73.8 Å². The molecule has 2 fully saturated rings. The Hall–Kier alpha value is -4.82. The Morgan fingerprint density at radius 2 is 1.33 bits per heavy atom. The molecular formula is C37H33Cl2F2N7O4. The van der Waals surface area contributed by atoms with Gasteiger partial charge in [0.25, 0.3) is 0 Å². The van der Waals surface area contributed by atoms with E-state index in [1.165, 1.54) is 24.3 Å². The van der Waals surface area contributed by atoms with Crippen LogP contribution in [-0.4, -0.2) is 86.3 Å². The molecular weight excluding hydrogens is 715 g/mol. The van der Waals surface area contributed by atoms with E-state index in [1.807, 2.05) is 6.07 Å². The molecule has 268 valence electrons. The molecule has 52 heavy (non-hydrogen) atoms. The lowest BCUT2D eigenvalue weighted by molar-refractivity contribution is 0.00137. The predicted molar refractivity (Wildman–Crippen MR) is 193 cm³/mol. The molecule has 8 rings (SSSR count). The van der Waals surface area contributed by atoms with Gasteiger partial charge in [0.1, 0.15) is 17.5 Å². The number of aliphatic hydroxyl groups is 1. The lowest BCUT2D eigenvalue weighted by atomic mass is 9.93. The summed E-state index contributed by atoms with van der Waals surface area (Å²) in [4.78, 5) is 20.0. The monoisotopic (exact) mass is 747 g/mol. The summed E-state index contributed by atoms with van der Waals surface area (Å²) in [6.45, 7) is 3.14. The van der Waals surface area contributed by atoms with E-state index in [0.717, 1.165) is 58.0 Å². The minimum atomic E-state index is -0.485. The van der Waals surface area contributed by atoms with Crippen molar-refractivity contribution in [2.75, 3.05) is 32.9 Å². The fraction of sp³-hybridized carbons (Fsp3) is 0.297. The van der Waals surface area contributed by atoms with E-state index in [2.05, 4.69) is 35.2 Å². The molecule has 6 heterocycles. The summed E-state index contributed by atoms with van der Waals surface area (Å²) in [7, 11) is 0. The molecule has 2 aromatic heterocycles. The van der Waals surface area contributed by atoms with Crippen molar-refractivity contribution < 1.29 is 29.0 Å². The van der Waals surface area contributed by atoms with Gasteiger partial charge in [0.15, 0.2) is 11.6 Å². The van der Waals surface area contributed by atoms with Gasteiger partial charge in [-0.25, -0.2) is 28.7 Å². The average Bonchev–Trinajstić information content (AvgIpc) is 3.73. The largest absolute Gasteiger partial charge is 0.411 e. The zero-order valence-corrected chi connectivity index (χ0v) is 29.2. The number of rotatable bonds is 8. The molecule has 0 saturated carbocycles. The van der Waals surface area contributed by atoms with E-state index in [9.17, 15) is 24.3 Å². The fourth-order valence-electron chi connectivity index (χ4n) is 6.52. The van der Waals surface area contributed by atoms with Crippen molar-refractivity contribution in [2.45, 2.75) is 25.7 Å². The number of aliphatic hydroxyl groups excluding tert-OH is 1. The van der Waals surface area contributed by atoms with Crippen LogP contribution in [0.1, 0.15) is 33.4 Å². The second-order valence-corrected chi connectivity index (χ2v) is 13.8.